The first kappa shape index (κ1) is 26.2. The van der Waals surface area contributed by atoms with Gasteiger partial charge in [-0.05, 0) is 51.3 Å². The summed E-state index contributed by atoms with van der Waals surface area (Å²) in [4.78, 5) is 40.9. The van der Waals surface area contributed by atoms with E-state index in [0.717, 1.165) is 28.0 Å². The summed E-state index contributed by atoms with van der Waals surface area (Å²) >= 11 is 6.29. The second-order valence-electron chi connectivity index (χ2n) is 8.55. The molecular formula is C23H30ClN7O4. The zero-order valence-corrected chi connectivity index (χ0v) is 21.2. The Hall–Kier alpha value is -3.44. The second-order valence-corrected chi connectivity index (χ2v) is 8.91. The predicted octanol–water partition coefficient (Wildman–Crippen LogP) is 2.74. The highest BCUT2D eigenvalue weighted by Gasteiger charge is 2.27. The fourth-order valence-corrected chi connectivity index (χ4v) is 4.25. The molecule has 35 heavy (non-hydrogen) atoms. The Morgan fingerprint density at radius 3 is 2.46 bits per heavy atom. The number of aryl methyl sites for hydroxylation is 4. The Labute approximate surface area is 208 Å². The van der Waals surface area contributed by atoms with Crippen molar-refractivity contribution in [3.8, 4) is 0 Å². The summed E-state index contributed by atoms with van der Waals surface area (Å²) in [6.07, 6.45) is -0.582. The van der Waals surface area contributed by atoms with Crippen molar-refractivity contribution in [2.45, 2.75) is 53.6 Å². The molecule has 3 amide bonds. The number of amides is 3. The first-order chi connectivity index (χ1) is 16.5. The molecule has 0 saturated carbocycles. The maximum Gasteiger partial charge on any atom is 0.410 e. The topological polar surface area (TPSA) is 141 Å². The first-order valence-corrected chi connectivity index (χ1v) is 11.5. The lowest BCUT2D eigenvalue weighted by Gasteiger charge is -2.30. The molecule has 0 radical (unpaired) electrons. The van der Waals surface area contributed by atoms with E-state index in [0.29, 0.717) is 35.9 Å². The molecule has 1 aliphatic rings. The number of anilines is 1. The number of rotatable bonds is 8. The van der Waals surface area contributed by atoms with Gasteiger partial charge in [0.1, 0.15) is 11.0 Å². The molecule has 188 valence electrons. The van der Waals surface area contributed by atoms with Crippen LogP contribution >= 0.6 is 11.6 Å². The number of hydrogen-bond donors (Lipinski definition) is 4. The van der Waals surface area contributed by atoms with E-state index in [4.69, 9.17) is 16.7 Å². The third-order valence-corrected chi connectivity index (χ3v) is 6.51. The van der Waals surface area contributed by atoms with Crippen LogP contribution in [-0.2, 0) is 29.7 Å². The molecule has 0 bridgehead atoms. The van der Waals surface area contributed by atoms with Crippen LogP contribution in [0.4, 0.5) is 10.6 Å². The number of carbonyl (C=O) groups excluding carboxylic acids is 2. The van der Waals surface area contributed by atoms with Gasteiger partial charge in [0.25, 0.3) is 5.91 Å². The summed E-state index contributed by atoms with van der Waals surface area (Å²) < 4.78 is 1.58. The molecule has 3 heterocycles. The fourth-order valence-electron chi connectivity index (χ4n) is 4.01. The van der Waals surface area contributed by atoms with Crippen LogP contribution in [0.3, 0.4) is 0 Å². The van der Waals surface area contributed by atoms with E-state index in [-0.39, 0.29) is 30.6 Å². The van der Waals surface area contributed by atoms with E-state index in [1.807, 2.05) is 20.8 Å². The minimum Gasteiger partial charge on any atom is -0.465 e. The van der Waals surface area contributed by atoms with Crippen LogP contribution in [0.1, 0.15) is 47.8 Å². The maximum absolute atomic E-state index is 13.1. The molecule has 4 N–H and O–H groups in total. The van der Waals surface area contributed by atoms with E-state index in [2.05, 4.69) is 26.1 Å². The summed E-state index contributed by atoms with van der Waals surface area (Å²) in [7, 11) is 1.76. The van der Waals surface area contributed by atoms with Crippen molar-refractivity contribution >= 4 is 35.3 Å². The number of halogens is 1. The Morgan fingerprint density at radius 2 is 1.86 bits per heavy atom. The standard InChI is InChI=1S/C23H30ClN7O4/c1-12-6-7-31(26-11-18-15(4)29-30(5)21(18)24)22(33)16(12)9-20(32)25-10-17-13(2)8-19(27-14(17)3)28-23(34)35/h8,26H,6-7,9-11H2,1-5H3,(H,25,32)(H,27,28)(H,34,35). The molecule has 12 heteroatoms. The monoisotopic (exact) mass is 503 g/mol. The van der Waals surface area contributed by atoms with E-state index in [9.17, 15) is 14.4 Å². The van der Waals surface area contributed by atoms with E-state index < -0.39 is 6.09 Å². The second kappa shape index (κ2) is 10.9. The minimum atomic E-state index is -1.19. The molecule has 3 rings (SSSR count). The number of hydrazine groups is 1. The van der Waals surface area contributed by atoms with Crippen molar-refractivity contribution in [1.82, 2.24) is 30.5 Å². The van der Waals surface area contributed by atoms with E-state index in [1.165, 1.54) is 5.01 Å². The van der Waals surface area contributed by atoms with Crippen LogP contribution in [0.25, 0.3) is 0 Å². The number of nitrogens with one attached hydrogen (secondary N) is 3. The highest BCUT2D eigenvalue weighted by Crippen LogP contribution is 2.23. The number of pyridine rings is 1. The van der Waals surface area contributed by atoms with Crippen molar-refractivity contribution < 1.29 is 19.5 Å². The van der Waals surface area contributed by atoms with Gasteiger partial charge >= 0.3 is 6.09 Å². The number of nitrogens with zero attached hydrogens (tertiary/aromatic N) is 4. The lowest BCUT2D eigenvalue weighted by Crippen LogP contribution is -2.47. The van der Waals surface area contributed by atoms with Gasteiger partial charge in [-0.1, -0.05) is 17.2 Å². The van der Waals surface area contributed by atoms with Crippen molar-refractivity contribution in [2.75, 3.05) is 11.9 Å². The molecule has 0 aliphatic carbocycles. The van der Waals surface area contributed by atoms with Gasteiger partial charge in [0.2, 0.25) is 5.91 Å². The summed E-state index contributed by atoms with van der Waals surface area (Å²) in [6.45, 7) is 8.36. The fraction of sp³-hybridized carbons (Fsp3) is 0.435. The molecule has 1 aliphatic heterocycles. The van der Waals surface area contributed by atoms with Gasteiger partial charge in [0.15, 0.2) is 0 Å². The SMILES string of the molecule is CC1=C(CC(=O)NCc2c(C)cc(NC(=O)O)nc2C)C(=O)N(NCc2c(C)nn(C)c2Cl)CC1. The van der Waals surface area contributed by atoms with Crippen LogP contribution in [0.2, 0.25) is 5.15 Å². The number of aromatic nitrogens is 3. The van der Waals surface area contributed by atoms with Gasteiger partial charge < -0.3 is 10.4 Å². The van der Waals surface area contributed by atoms with Gasteiger partial charge in [0.05, 0.1) is 12.1 Å². The van der Waals surface area contributed by atoms with Gasteiger partial charge in [-0.25, -0.2) is 15.2 Å². The van der Waals surface area contributed by atoms with Gasteiger partial charge in [0, 0.05) is 43.5 Å². The molecule has 0 aromatic carbocycles. The maximum atomic E-state index is 13.1. The smallest absolute Gasteiger partial charge is 0.410 e. The lowest BCUT2D eigenvalue weighted by atomic mass is 9.98. The van der Waals surface area contributed by atoms with Crippen LogP contribution in [0.5, 0.6) is 0 Å². The summed E-state index contributed by atoms with van der Waals surface area (Å²) in [6, 6.07) is 1.61. The Bertz CT molecular complexity index is 1180. The molecule has 0 unspecified atom stereocenters. The highest BCUT2D eigenvalue weighted by molar-refractivity contribution is 6.30. The van der Waals surface area contributed by atoms with Gasteiger partial charge in [-0.2, -0.15) is 5.10 Å². The van der Waals surface area contributed by atoms with Crippen LogP contribution < -0.4 is 16.1 Å². The van der Waals surface area contributed by atoms with Gasteiger partial charge in [-0.15, -0.1) is 0 Å². The molecule has 11 nitrogen and oxygen atoms in total. The zero-order valence-electron chi connectivity index (χ0n) is 20.5. The molecule has 0 fully saturated rings. The molecular weight excluding hydrogens is 474 g/mol. The lowest BCUT2D eigenvalue weighted by molar-refractivity contribution is -0.132. The van der Waals surface area contributed by atoms with E-state index >= 15 is 0 Å². The van der Waals surface area contributed by atoms with Crippen molar-refractivity contribution in [3.63, 3.8) is 0 Å². The number of carbonyl (C=O) groups is 3. The van der Waals surface area contributed by atoms with Crippen LogP contribution in [0, 0.1) is 20.8 Å². The zero-order chi connectivity index (χ0) is 25.9. The van der Waals surface area contributed by atoms with Crippen LogP contribution in [-0.4, -0.2) is 49.3 Å². The van der Waals surface area contributed by atoms with Crippen molar-refractivity contribution in [2.24, 2.45) is 7.05 Å². The largest absolute Gasteiger partial charge is 0.465 e. The summed E-state index contributed by atoms with van der Waals surface area (Å²) in [5.74, 6) is -0.293. The third kappa shape index (κ3) is 6.17. The average molecular weight is 504 g/mol. The van der Waals surface area contributed by atoms with Crippen LogP contribution in [0.15, 0.2) is 17.2 Å². The predicted molar refractivity (Wildman–Crippen MR) is 131 cm³/mol. The Kier molecular flexibility index (Phi) is 8.13. The first-order valence-electron chi connectivity index (χ1n) is 11.1. The molecule has 2 aromatic rings. The molecule has 0 saturated heterocycles. The van der Waals surface area contributed by atoms with Crippen molar-refractivity contribution in [1.29, 1.82) is 0 Å². The molecule has 0 atom stereocenters. The molecule has 0 spiro atoms. The average Bonchev–Trinajstić information content (AvgIpc) is 3.00. The van der Waals surface area contributed by atoms with E-state index in [1.54, 1.807) is 24.7 Å². The minimum absolute atomic E-state index is 0.0420. The molecule has 2 aromatic heterocycles. The van der Waals surface area contributed by atoms with Crippen molar-refractivity contribution in [3.05, 3.63) is 50.4 Å². The van der Waals surface area contributed by atoms with Gasteiger partial charge in [-0.3, -0.25) is 24.6 Å². The highest BCUT2D eigenvalue weighted by atomic mass is 35.5. The number of hydrogen-bond acceptors (Lipinski definition) is 6. The third-order valence-electron chi connectivity index (χ3n) is 6.03. The number of carboxylic acid groups (broad SMARTS) is 1. The quantitative estimate of drug-likeness (QED) is 0.434. The Balaban J connectivity index is 1.61. The summed E-state index contributed by atoms with van der Waals surface area (Å²) in [5.41, 5.74) is 8.27. The summed E-state index contributed by atoms with van der Waals surface area (Å²) in [5, 5.41) is 20.3. The Morgan fingerprint density at radius 1 is 1.14 bits per heavy atom. The normalized spacial score (nSPS) is 13.9.